The largest absolute Gasteiger partial charge is 0.495 e. The molecule has 4 aliphatic heterocycles. The number of anilines is 2. The van der Waals surface area contributed by atoms with E-state index in [1.54, 1.807) is 18.2 Å². The molecule has 4 aliphatic rings. The molecule has 2 aromatic carbocycles. The number of hydrogen-bond acceptors (Lipinski definition) is 5. The lowest BCUT2D eigenvalue weighted by molar-refractivity contribution is -0.135. The monoisotopic (exact) mass is 499 g/mol. The van der Waals surface area contributed by atoms with E-state index in [4.69, 9.17) is 27.9 Å². The zero-order chi connectivity index (χ0) is 24.1. The van der Waals surface area contributed by atoms with Gasteiger partial charge in [0.05, 0.1) is 35.3 Å². The van der Waals surface area contributed by atoms with Gasteiger partial charge in [-0.3, -0.25) is 19.3 Å². The van der Waals surface area contributed by atoms with E-state index in [0.717, 1.165) is 24.0 Å². The van der Waals surface area contributed by atoms with E-state index >= 15 is 0 Å². The number of imide groups is 1. The molecule has 3 amide bonds. The smallest absolute Gasteiger partial charge is 0.250 e. The third kappa shape index (κ3) is 2.50. The summed E-state index contributed by atoms with van der Waals surface area (Å²) in [4.78, 5) is 45.2. The van der Waals surface area contributed by atoms with Crippen LogP contribution >= 0.6 is 23.2 Å². The Balaban J connectivity index is 1.58. The molecule has 7 nitrogen and oxygen atoms in total. The number of benzene rings is 2. The number of carbonyl (C=O) groups excluding carboxylic acids is 3. The molecule has 1 N–H and O–H groups in total. The van der Waals surface area contributed by atoms with Gasteiger partial charge in [-0.25, -0.2) is 4.90 Å². The van der Waals surface area contributed by atoms with Crippen molar-refractivity contribution in [2.75, 3.05) is 23.9 Å². The van der Waals surface area contributed by atoms with Crippen molar-refractivity contribution >= 4 is 52.3 Å². The second-order valence-corrected chi connectivity index (χ2v) is 10.4. The van der Waals surface area contributed by atoms with Crippen molar-refractivity contribution < 1.29 is 19.1 Å². The molecule has 0 radical (unpaired) electrons. The van der Waals surface area contributed by atoms with Gasteiger partial charge in [0.25, 0.3) is 5.91 Å². The molecule has 2 aromatic rings. The summed E-state index contributed by atoms with van der Waals surface area (Å²) in [6.07, 6.45) is 1.59. The molecule has 6 rings (SSSR count). The van der Waals surface area contributed by atoms with Crippen molar-refractivity contribution in [3.63, 3.8) is 0 Å². The number of hydrogen-bond donors (Lipinski definition) is 1. The predicted molar refractivity (Wildman–Crippen MR) is 128 cm³/mol. The van der Waals surface area contributed by atoms with E-state index in [2.05, 4.69) is 10.2 Å². The van der Waals surface area contributed by atoms with Crippen LogP contribution in [0, 0.1) is 25.7 Å². The molecular weight excluding hydrogens is 477 g/mol. The minimum absolute atomic E-state index is 0.207. The molecule has 0 saturated carbocycles. The van der Waals surface area contributed by atoms with Crippen LogP contribution in [-0.4, -0.2) is 42.3 Å². The van der Waals surface area contributed by atoms with Crippen molar-refractivity contribution in [1.82, 2.24) is 4.90 Å². The highest BCUT2D eigenvalue weighted by molar-refractivity contribution is 6.35. The number of ether oxygens (including phenoxy) is 1. The molecule has 3 saturated heterocycles. The number of halogens is 2. The first-order chi connectivity index (χ1) is 16.2. The Morgan fingerprint density at radius 1 is 1.06 bits per heavy atom. The highest BCUT2D eigenvalue weighted by atomic mass is 35.5. The summed E-state index contributed by atoms with van der Waals surface area (Å²) in [7, 11) is 1.47. The SMILES string of the molecule is COc1cc(Cl)c(C)cc1N1C(=O)[C@@H]2[C@@H]3CCCN3[C@@]3(C(=O)Nc4c(Cl)cc(C)cc43)[C@H]2C1=O. The Morgan fingerprint density at radius 2 is 1.82 bits per heavy atom. The van der Waals surface area contributed by atoms with Gasteiger partial charge < -0.3 is 10.1 Å². The summed E-state index contributed by atoms with van der Waals surface area (Å²) < 4.78 is 5.49. The van der Waals surface area contributed by atoms with E-state index in [9.17, 15) is 14.4 Å². The summed E-state index contributed by atoms with van der Waals surface area (Å²) in [6.45, 7) is 4.36. The maximum atomic E-state index is 14.2. The van der Waals surface area contributed by atoms with Gasteiger partial charge in [-0.2, -0.15) is 0 Å². The summed E-state index contributed by atoms with van der Waals surface area (Å²) in [6, 6.07) is 6.81. The molecular formula is C25H23Cl2N3O4. The summed E-state index contributed by atoms with van der Waals surface area (Å²) >= 11 is 12.8. The van der Waals surface area contributed by atoms with Gasteiger partial charge in [0.2, 0.25) is 11.8 Å². The Kier molecular flexibility index (Phi) is 4.63. The van der Waals surface area contributed by atoms with E-state index < -0.39 is 23.3 Å². The van der Waals surface area contributed by atoms with Crippen LogP contribution in [0.2, 0.25) is 10.0 Å². The van der Waals surface area contributed by atoms with Crippen LogP contribution < -0.4 is 15.0 Å². The second kappa shape index (κ2) is 7.20. The van der Waals surface area contributed by atoms with Crippen LogP contribution in [0.4, 0.5) is 11.4 Å². The van der Waals surface area contributed by atoms with E-state index in [0.29, 0.717) is 39.3 Å². The van der Waals surface area contributed by atoms with Crippen LogP contribution in [0.5, 0.6) is 5.75 Å². The van der Waals surface area contributed by atoms with Crippen molar-refractivity contribution in [2.45, 2.75) is 38.3 Å². The fourth-order valence-corrected chi connectivity index (χ4v) is 7.09. The van der Waals surface area contributed by atoms with Crippen molar-refractivity contribution in [3.05, 3.63) is 51.0 Å². The molecule has 0 bridgehead atoms. The van der Waals surface area contributed by atoms with E-state index in [-0.39, 0.29) is 17.9 Å². The van der Waals surface area contributed by atoms with Crippen LogP contribution in [0.3, 0.4) is 0 Å². The normalized spacial score (nSPS) is 29.6. The topological polar surface area (TPSA) is 79.0 Å². The summed E-state index contributed by atoms with van der Waals surface area (Å²) in [5.74, 6) is -2.15. The molecule has 3 fully saturated rings. The highest BCUT2D eigenvalue weighted by Crippen LogP contribution is 2.62. The van der Waals surface area contributed by atoms with Crippen LogP contribution in [0.1, 0.15) is 29.5 Å². The average Bonchev–Trinajstić information content (AvgIpc) is 3.49. The molecule has 0 aromatic heterocycles. The number of aryl methyl sites for hydroxylation is 2. The maximum Gasteiger partial charge on any atom is 0.250 e. The zero-order valence-corrected chi connectivity index (χ0v) is 20.5. The fraction of sp³-hybridized carbons (Fsp3) is 0.400. The molecule has 1 spiro atoms. The Bertz CT molecular complexity index is 1310. The minimum atomic E-state index is -1.27. The molecule has 0 unspecified atom stereocenters. The molecule has 4 atom stereocenters. The predicted octanol–water partition coefficient (Wildman–Crippen LogP) is 4.05. The maximum absolute atomic E-state index is 14.2. The third-order valence-electron chi connectivity index (χ3n) is 7.90. The standard InChI is InChI=1S/C25H23Cl2N3O4/c1-11-7-13-21(15(27)8-11)28-24(33)25(13)20-19(16-5-4-6-29(16)25)22(31)30(23(20)32)17-9-12(2)14(26)10-18(17)34-3/h7-10,16,19-20H,4-6H2,1-3H3,(H,28,33)/t16-,19+,20+,25+/m0/s1. The number of nitrogens with zero attached hydrogens (tertiary/aromatic N) is 2. The molecule has 0 aliphatic carbocycles. The highest BCUT2D eigenvalue weighted by Gasteiger charge is 2.75. The number of amides is 3. The fourth-order valence-electron chi connectivity index (χ4n) is 6.62. The van der Waals surface area contributed by atoms with Crippen LogP contribution in [0.15, 0.2) is 24.3 Å². The van der Waals surface area contributed by atoms with Gasteiger partial charge in [-0.1, -0.05) is 29.3 Å². The number of methoxy groups -OCH3 is 1. The van der Waals surface area contributed by atoms with Gasteiger partial charge in [-0.05, 0) is 56.5 Å². The third-order valence-corrected chi connectivity index (χ3v) is 8.60. The number of fused-ring (bicyclic) bond motifs is 7. The van der Waals surface area contributed by atoms with E-state index in [1.165, 1.54) is 12.0 Å². The molecule has 9 heteroatoms. The number of carbonyl (C=O) groups is 3. The first-order valence-corrected chi connectivity index (χ1v) is 12.1. The first-order valence-electron chi connectivity index (χ1n) is 11.3. The molecule has 176 valence electrons. The molecule has 34 heavy (non-hydrogen) atoms. The minimum Gasteiger partial charge on any atom is -0.495 e. The van der Waals surface area contributed by atoms with Crippen molar-refractivity contribution in [2.24, 2.45) is 11.8 Å². The van der Waals surface area contributed by atoms with E-state index in [1.807, 2.05) is 19.9 Å². The van der Waals surface area contributed by atoms with Gasteiger partial charge in [0.15, 0.2) is 0 Å². The average molecular weight is 500 g/mol. The van der Waals surface area contributed by atoms with Gasteiger partial charge in [0.1, 0.15) is 11.3 Å². The summed E-state index contributed by atoms with van der Waals surface area (Å²) in [5.41, 5.74) is 1.91. The quantitative estimate of drug-likeness (QED) is 0.630. The lowest BCUT2D eigenvalue weighted by Gasteiger charge is -2.37. The zero-order valence-electron chi connectivity index (χ0n) is 18.9. The number of rotatable bonds is 2. The Labute approximate surface area is 206 Å². The van der Waals surface area contributed by atoms with Crippen LogP contribution in [0.25, 0.3) is 0 Å². The van der Waals surface area contributed by atoms with Crippen LogP contribution in [-0.2, 0) is 19.9 Å². The van der Waals surface area contributed by atoms with Crippen molar-refractivity contribution in [3.8, 4) is 5.75 Å². The van der Waals surface area contributed by atoms with Crippen molar-refractivity contribution in [1.29, 1.82) is 0 Å². The second-order valence-electron chi connectivity index (χ2n) is 9.58. The Hall–Kier alpha value is -2.61. The lowest BCUT2D eigenvalue weighted by Crippen LogP contribution is -2.54. The number of nitrogens with one attached hydrogen (secondary N) is 1. The van der Waals surface area contributed by atoms with Gasteiger partial charge >= 0.3 is 0 Å². The Morgan fingerprint density at radius 3 is 2.56 bits per heavy atom. The first kappa shape index (κ1) is 21.9. The van der Waals surface area contributed by atoms with Gasteiger partial charge in [-0.15, -0.1) is 0 Å². The summed E-state index contributed by atoms with van der Waals surface area (Å²) in [5, 5.41) is 3.86. The molecule has 4 heterocycles. The lowest BCUT2D eigenvalue weighted by atomic mass is 9.75. The van der Waals surface area contributed by atoms with Gasteiger partial charge in [0, 0.05) is 22.7 Å².